The Morgan fingerprint density at radius 2 is 2.08 bits per heavy atom. The number of carbonyl (C=O) groups excluding carboxylic acids is 2. The average Bonchev–Trinajstić information content (AvgIpc) is 2.85. The zero-order valence-electron chi connectivity index (χ0n) is 13.4. The second-order valence-electron chi connectivity index (χ2n) is 6.08. The highest BCUT2D eigenvalue weighted by molar-refractivity contribution is 7.88. The Morgan fingerprint density at radius 3 is 2.75 bits per heavy atom. The number of anilines is 1. The first-order chi connectivity index (χ1) is 11.3. The van der Waals surface area contributed by atoms with E-state index in [0.29, 0.717) is 48.9 Å². The van der Waals surface area contributed by atoms with Gasteiger partial charge in [-0.1, -0.05) is 11.3 Å². The van der Waals surface area contributed by atoms with Crippen LogP contribution in [0.15, 0.2) is 0 Å². The Labute approximate surface area is 144 Å². The van der Waals surface area contributed by atoms with Crippen molar-refractivity contribution in [1.82, 2.24) is 14.6 Å². The molecule has 1 saturated heterocycles. The molecule has 3 rings (SSSR count). The number of aromatic nitrogens is 1. The molecule has 1 aromatic heterocycles. The summed E-state index contributed by atoms with van der Waals surface area (Å²) in [6.07, 6.45) is 3.71. The number of sulfonamides is 1. The molecule has 0 unspecified atom stereocenters. The summed E-state index contributed by atoms with van der Waals surface area (Å²) < 4.78 is 24.4. The van der Waals surface area contributed by atoms with E-state index in [0.717, 1.165) is 12.1 Å². The predicted molar refractivity (Wildman–Crippen MR) is 90.5 cm³/mol. The number of hydrogen-bond donors (Lipinski definition) is 2. The van der Waals surface area contributed by atoms with Crippen LogP contribution in [0.1, 0.15) is 34.6 Å². The summed E-state index contributed by atoms with van der Waals surface area (Å²) in [5.74, 6) is -0.532. The molecule has 0 bridgehead atoms. The van der Waals surface area contributed by atoms with Crippen molar-refractivity contribution in [3.8, 4) is 0 Å². The lowest BCUT2D eigenvalue weighted by Crippen LogP contribution is -2.40. The van der Waals surface area contributed by atoms with E-state index in [1.54, 1.807) is 0 Å². The number of fused-ring (bicyclic) bond motifs is 1. The van der Waals surface area contributed by atoms with Gasteiger partial charge in [-0.25, -0.2) is 17.7 Å². The Balaban J connectivity index is 1.62. The normalized spacial score (nSPS) is 20.1. The number of thiazole rings is 1. The molecule has 1 fully saturated rings. The van der Waals surface area contributed by atoms with E-state index in [9.17, 15) is 18.0 Å². The van der Waals surface area contributed by atoms with Crippen LogP contribution in [0, 0.1) is 5.92 Å². The van der Waals surface area contributed by atoms with Crippen LogP contribution in [0.4, 0.5) is 5.13 Å². The highest BCUT2D eigenvalue weighted by atomic mass is 32.2. The largest absolute Gasteiger partial charge is 0.351 e. The van der Waals surface area contributed by atoms with Crippen molar-refractivity contribution >= 4 is 38.3 Å². The summed E-state index contributed by atoms with van der Waals surface area (Å²) in [5.41, 5.74) is 0.734. The number of amides is 2. The number of piperidine rings is 1. The van der Waals surface area contributed by atoms with E-state index in [1.165, 1.54) is 21.9 Å². The van der Waals surface area contributed by atoms with Crippen molar-refractivity contribution in [2.75, 3.05) is 31.2 Å². The van der Waals surface area contributed by atoms with E-state index in [4.69, 9.17) is 0 Å². The van der Waals surface area contributed by atoms with Gasteiger partial charge in [-0.3, -0.25) is 9.59 Å². The summed E-state index contributed by atoms with van der Waals surface area (Å²) in [6, 6.07) is 0. The van der Waals surface area contributed by atoms with Crippen molar-refractivity contribution in [2.45, 2.75) is 25.7 Å². The molecule has 0 saturated carbocycles. The summed E-state index contributed by atoms with van der Waals surface area (Å²) in [7, 11) is -3.20. The molecular weight excluding hydrogens is 352 g/mol. The third kappa shape index (κ3) is 3.76. The van der Waals surface area contributed by atoms with Gasteiger partial charge in [0, 0.05) is 25.6 Å². The molecular formula is C14H20N4O4S2. The molecule has 0 atom stereocenters. The lowest BCUT2D eigenvalue weighted by Gasteiger charge is -2.29. The topological polar surface area (TPSA) is 108 Å². The number of nitrogens with one attached hydrogen (secondary N) is 2. The summed E-state index contributed by atoms with van der Waals surface area (Å²) in [6.45, 7) is 1.35. The van der Waals surface area contributed by atoms with Crippen LogP contribution in [0.25, 0.3) is 0 Å². The molecule has 0 spiro atoms. The van der Waals surface area contributed by atoms with Gasteiger partial charge < -0.3 is 10.6 Å². The number of hydrogen-bond acceptors (Lipinski definition) is 6. The van der Waals surface area contributed by atoms with Gasteiger partial charge >= 0.3 is 0 Å². The van der Waals surface area contributed by atoms with E-state index in [1.807, 2.05) is 0 Å². The highest BCUT2D eigenvalue weighted by Gasteiger charge is 2.30. The molecule has 2 amide bonds. The summed E-state index contributed by atoms with van der Waals surface area (Å²) >= 11 is 1.19. The molecule has 1 aromatic rings. The van der Waals surface area contributed by atoms with Crippen LogP contribution in [0.2, 0.25) is 0 Å². The second kappa shape index (κ2) is 6.77. The van der Waals surface area contributed by atoms with Gasteiger partial charge in [0.25, 0.3) is 5.91 Å². The quantitative estimate of drug-likeness (QED) is 0.800. The fourth-order valence-corrected chi connectivity index (χ4v) is 4.75. The maximum Gasteiger partial charge on any atom is 0.263 e. The van der Waals surface area contributed by atoms with Crippen LogP contribution in [0.3, 0.4) is 0 Å². The third-order valence-corrected chi connectivity index (χ3v) is 6.62. The predicted octanol–water partition coefficient (Wildman–Crippen LogP) is 0.429. The minimum absolute atomic E-state index is 0.137. The maximum absolute atomic E-state index is 12.4. The van der Waals surface area contributed by atoms with Gasteiger partial charge in [0.2, 0.25) is 15.9 Å². The average molecular weight is 372 g/mol. The summed E-state index contributed by atoms with van der Waals surface area (Å²) in [5, 5.41) is 6.03. The van der Waals surface area contributed by atoms with Crippen LogP contribution in [0.5, 0.6) is 0 Å². The molecule has 8 nitrogen and oxygen atoms in total. The molecule has 2 N–H and O–H groups in total. The van der Waals surface area contributed by atoms with Crippen LogP contribution in [-0.2, 0) is 21.2 Å². The highest BCUT2D eigenvalue weighted by Crippen LogP contribution is 2.27. The number of nitrogens with zero attached hydrogens (tertiary/aromatic N) is 2. The standard InChI is InChI=1S/C14H20N4O4S2/c1-24(21,22)18-7-4-9(5-8-18)12(19)17-14-16-10-3-2-6-15-13(20)11(10)23-14/h9H,2-8H2,1H3,(H,15,20)(H,16,17,19). The molecule has 10 heteroatoms. The lowest BCUT2D eigenvalue weighted by atomic mass is 9.97. The smallest absolute Gasteiger partial charge is 0.263 e. The first-order valence-electron chi connectivity index (χ1n) is 7.88. The molecule has 2 aliphatic heterocycles. The van der Waals surface area contributed by atoms with Crippen molar-refractivity contribution in [3.05, 3.63) is 10.6 Å². The number of rotatable bonds is 3. The Bertz CT molecular complexity index is 751. The van der Waals surface area contributed by atoms with Gasteiger partial charge in [0.15, 0.2) is 5.13 Å². The first-order valence-corrected chi connectivity index (χ1v) is 10.5. The molecule has 0 aromatic carbocycles. The molecule has 132 valence electrons. The molecule has 3 heterocycles. The van der Waals surface area contributed by atoms with Gasteiger partial charge in [-0.15, -0.1) is 0 Å². The van der Waals surface area contributed by atoms with Crippen molar-refractivity contribution in [3.63, 3.8) is 0 Å². The van der Waals surface area contributed by atoms with Crippen LogP contribution >= 0.6 is 11.3 Å². The Hall–Kier alpha value is -1.52. The van der Waals surface area contributed by atoms with E-state index in [2.05, 4.69) is 15.6 Å². The van der Waals surface area contributed by atoms with Gasteiger partial charge in [0.1, 0.15) is 4.88 Å². The Kier molecular flexibility index (Phi) is 4.88. The van der Waals surface area contributed by atoms with Crippen molar-refractivity contribution in [1.29, 1.82) is 0 Å². The molecule has 0 radical (unpaired) electrons. The minimum atomic E-state index is -3.20. The van der Waals surface area contributed by atoms with E-state index in [-0.39, 0.29) is 17.7 Å². The molecule has 24 heavy (non-hydrogen) atoms. The van der Waals surface area contributed by atoms with Crippen LogP contribution in [-0.4, -0.2) is 55.4 Å². The van der Waals surface area contributed by atoms with Gasteiger partial charge in [-0.05, 0) is 25.7 Å². The first kappa shape index (κ1) is 17.3. The third-order valence-electron chi connectivity index (χ3n) is 4.30. The molecule has 2 aliphatic rings. The van der Waals surface area contributed by atoms with Gasteiger partial charge in [0.05, 0.1) is 11.9 Å². The van der Waals surface area contributed by atoms with Crippen molar-refractivity contribution in [2.24, 2.45) is 5.92 Å². The monoisotopic (exact) mass is 372 g/mol. The van der Waals surface area contributed by atoms with E-state index < -0.39 is 10.0 Å². The number of aryl methyl sites for hydroxylation is 1. The SMILES string of the molecule is CS(=O)(=O)N1CCC(C(=O)Nc2nc3c(s2)C(=O)NCCC3)CC1. The maximum atomic E-state index is 12.4. The zero-order chi connectivity index (χ0) is 17.3. The van der Waals surface area contributed by atoms with Crippen molar-refractivity contribution < 1.29 is 18.0 Å². The summed E-state index contributed by atoms with van der Waals surface area (Å²) in [4.78, 5) is 29.2. The van der Waals surface area contributed by atoms with Crippen LogP contribution < -0.4 is 10.6 Å². The molecule has 0 aliphatic carbocycles. The lowest BCUT2D eigenvalue weighted by molar-refractivity contribution is -0.120. The minimum Gasteiger partial charge on any atom is -0.351 e. The fraction of sp³-hybridized carbons (Fsp3) is 0.643. The van der Waals surface area contributed by atoms with Gasteiger partial charge in [-0.2, -0.15) is 0 Å². The zero-order valence-corrected chi connectivity index (χ0v) is 15.0. The van der Waals surface area contributed by atoms with E-state index >= 15 is 0 Å². The second-order valence-corrected chi connectivity index (χ2v) is 9.06. The number of carbonyl (C=O) groups is 2. The Morgan fingerprint density at radius 1 is 1.38 bits per heavy atom. The fourth-order valence-electron chi connectivity index (χ4n) is 2.95.